The van der Waals surface area contributed by atoms with Gasteiger partial charge >= 0.3 is 13.3 Å². The molecule has 9 nitrogen and oxygen atoms in total. The Balaban J connectivity index is 2.51. The fourth-order valence-corrected chi connectivity index (χ4v) is 3.29. The molecule has 0 saturated carbocycles. The largest absolute Gasteiger partial charge is 0.369 e. The number of aromatic amines is 2. The quantitative estimate of drug-likeness (QED) is 0.406. The van der Waals surface area contributed by atoms with Gasteiger partial charge in [0.05, 0.1) is 25.4 Å². The van der Waals surface area contributed by atoms with E-state index in [0.717, 1.165) is 0 Å². The molecule has 0 amide bonds. The predicted octanol–water partition coefficient (Wildman–Crippen LogP) is 1.28. The van der Waals surface area contributed by atoms with Crippen molar-refractivity contribution < 1.29 is 18.3 Å². The summed E-state index contributed by atoms with van der Waals surface area (Å²) in [5.41, 5.74) is -0.538. The molecule has 1 aromatic heterocycles. The third-order valence-electron chi connectivity index (χ3n) is 2.84. The number of aromatic nitrogens is 2. The second-order valence-corrected chi connectivity index (χ2v) is 6.52. The minimum absolute atomic E-state index is 0.150. The highest BCUT2D eigenvalue weighted by Crippen LogP contribution is 2.47. The van der Waals surface area contributed by atoms with Gasteiger partial charge in [0, 0.05) is 6.54 Å². The second kappa shape index (κ2) is 9.67. The molecule has 0 aliphatic rings. The van der Waals surface area contributed by atoms with Crippen molar-refractivity contribution in [1.82, 2.24) is 9.97 Å². The third kappa shape index (κ3) is 6.31. The molecule has 0 spiro atoms. The van der Waals surface area contributed by atoms with Gasteiger partial charge in [-0.25, -0.2) is 4.79 Å². The Labute approximate surface area is 134 Å². The lowest BCUT2D eigenvalue weighted by Gasteiger charge is -2.17. The molecular formula is C13H24N3O6P. The fraction of sp³-hybridized carbons (Fsp3) is 0.692. The SMILES string of the molecule is CCOP(=O)(COCCNc1[nH]c(=O)[nH]c(=O)c1CC)OCC. The molecule has 0 aliphatic carbocycles. The molecule has 0 fully saturated rings. The molecule has 3 N–H and O–H groups in total. The van der Waals surface area contributed by atoms with Crippen LogP contribution in [0.2, 0.25) is 0 Å². The fourth-order valence-electron chi connectivity index (χ4n) is 1.93. The predicted molar refractivity (Wildman–Crippen MR) is 87.2 cm³/mol. The summed E-state index contributed by atoms with van der Waals surface area (Å²) in [7, 11) is -3.23. The number of ether oxygens (including phenoxy) is 1. The second-order valence-electron chi connectivity index (χ2n) is 4.53. The van der Waals surface area contributed by atoms with Crippen molar-refractivity contribution in [3.05, 3.63) is 26.4 Å². The van der Waals surface area contributed by atoms with E-state index in [1.165, 1.54) is 0 Å². The molecule has 0 unspecified atom stereocenters. The summed E-state index contributed by atoms with van der Waals surface area (Å²) in [6, 6.07) is 0. The van der Waals surface area contributed by atoms with E-state index in [0.29, 0.717) is 24.3 Å². The van der Waals surface area contributed by atoms with Crippen molar-refractivity contribution in [2.45, 2.75) is 27.2 Å². The minimum atomic E-state index is -3.23. The number of H-pyrrole nitrogens is 2. The highest BCUT2D eigenvalue weighted by Gasteiger charge is 2.23. The van der Waals surface area contributed by atoms with Crippen molar-refractivity contribution in [2.24, 2.45) is 0 Å². The lowest BCUT2D eigenvalue weighted by molar-refractivity contribution is 0.138. The Kier molecular flexibility index (Phi) is 8.25. The van der Waals surface area contributed by atoms with Gasteiger partial charge in [-0.3, -0.25) is 19.3 Å². The van der Waals surface area contributed by atoms with E-state index < -0.39 is 18.8 Å². The summed E-state index contributed by atoms with van der Waals surface area (Å²) in [4.78, 5) is 27.6. The molecule has 0 aliphatic heterocycles. The highest BCUT2D eigenvalue weighted by atomic mass is 31.2. The summed E-state index contributed by atoms with van der Waals surface area (Å²) < 4.78 is 27.7. The maximum Gasteiger partial charge on any atom is 0.356 e. The van der Waals surface area contributed by atoms with Crippen LogP contribution in [0.3, 0.4) is 0 Å². The molecule has 0 atom stereocenters. The molecule has 0 aromatic carbocycles. The molecule has 0 saturated heterocycles. The standard InChI is InChI=1S/C13H24N3O6P/c1-4-10-11(15-13(18)16-12(10)17)14-7-8-20-9-23(19,21-5-2)22-6-3/h4-9H2,1-3H3,(H3,14,15,16,17,18). The number of rotatable bonds is 11. The van der Waals surface area contributed by atoms with E-state index in [4.69, 9.17) is 13.8 Å². The van der Waals surface area contributed by atoms with Crippen LogP contribution in [0, 0.1) is 0 Å². The Bertz CT molecular complexity index is 631. The normalized spacial score (nSPS) is 11.6. The van der Waals surface area contributed by atoms with Crippen LogP contribution < -0.4 is 16.6 Å². The Hall–Kier alpha value is -1.41. The average Bonchev–Trinajstić information content (AvgIpc) is 2.47. The molecule has 1 rings (SSSR count). The van der Waals surface area contributed by atoms with Crippen molar-refractivity contribution in [3.63, 3.8) is 0 Å². The third-order valence-corrected chi connectivity index (χ3v) is 4.65. The van der Waals surface area contributed by atoms with Crippen LogP contribution in [0.1, 0.15) is 26.3 Å². The zero-order valence-electron chi connectivity index (χ0n) is 13.6. The Morgan fingerprint density at radius 2 is 1.74 bits per heavy atom. The van der Waals surface area contributed by atoms with E-state index in [-0.39, 0.29) is 26.2 Å². The van der Waals surface area contributed by atoms with E-state index in [9.17, 15) is 14.2 Å². The number of hydrogen-bond donors (Lipinski definition) is 3. The molecule has 10 heteroatoms. The maximum absolute atomic E-state index is 12.2. The molecular weight excluding hydrogens is 325 g/mol. The molecule has 1 aromatic rings. The molecule has 0 bridgehead atoms. The van der Waals surface area contributed by atoms with Gasteiger partial charge in [-0.1, -0.05) is 6.92 Å². The molecule has 23 heavy (non-hydrogen) atoms. The lowest BCUT2D eigenvalue weighted by atomic mass is 10.2. The Morgan fingerprint density at radius 1 is 1.09 bits per heavy atom. The van der Waals surface area contributed by atoms with Crippen molar-refractivity contribution in [2.75, 3.05) is 38.0 Å². The van der Waals surface area contributed by atoms with E-state index in [2.05, 4.69) is 15.3 Å². The Morgan fingerprint density at radius 3 is 2.30 bits per heavy atom. The van der Waals surface area contributed by atoms with Crippen molar-refractivity contribution >= 4 is 13.4 Å². The van der Waals surface area contributed by atoms with E-state index in [1.807, 2.05) is 6.92 Å². The monoisotopic (exact) mass is 349 g/mol. The topological polar surface area (TPSA) is 123 Å². The summed E-state index contributed by atoms with van der Waals surface area (Å²) in [6.07, 6.45) is 0.322. The van der Waals surface area contributed by atoms with Gasteiger partial charge in [-0.2, -0.15) is 0 Å². The first-order valence-corrected chi connectivity index (χ1v) is 9.23. The van der Waals surface area contributed by atoms with Crippen LogP contribution in [0.5, 0.6) is 0 Å². The number of hydrogen-bond acceptors (Lipinski definition) is 7. The van der Waals surface area contributed by atoms with Crippen molar-refractivity contribution in [1.29, 1.82) is 0 Å². The van der Waals surface area contributed by atoms with Gasteiger partial charge in [-0.15, -0.1) is 0 Å². The van der Waals surface area contributed by atoms with Gasteiger partial charge in [0.25, 0.3) is 5.56 Å². The van der Waals surface area contributed by atoms with Crippen LogP contribution in [-0.2, 0) is 24.8 Å². The van der Waals surface area contributed by atoms with E-state index >= 15 is 0 Å². The summed E-state index contributed by atoms with van der Waals surface area (Å²) in [5, 5.41) is 2.92. The van der Waals surface area contributed by atoms with Gasteiger partial charge in [-0.05, 0) is 20.3 Å². The summed E-state index contributed by atoms with van der Waals surface area (Å²) >= 11 is 0. The minimum Gasteiger partial charge on any atom is -0.369 e. The molecule has 1 heterocycles. The molecule has 132 valence electrons. The van der Waals surface area contributed by atoms with Crippen LogP contribution in [-0.4, -0.2) is 42.7 Å². The van der Waals surface area contributed by atoms with Crippen LogP contribution in [0.15, 0.2) is 9.59 Å². The zero-order valence-corrected chi connectivity index (χ0v) is 14.5. The van der Waals surface area contributed by atoms with E-state index in [1.54, 1.807) is 13.8 Å². The van der Waals surface area contributed by atoms with Crippen LogP contribution >= 0.6 is 7.60 Å². The maximum atomic E-state index is 12.2. The first kappa shape index (κ1) is 19.6. The first-order chi connectivity index (χ1) is 11.0. The zero-order chi connectivity index (χ0) is 17.3. The summed E-state index contributed by atoms with van der Waals surface area (Å²) in [6.45, 7) is 6.34. The molecule has 0 radical (unpaired) electrons. The smallest absolute Gasteiger partial charge is 0.356 e. The van der Waals surface area contributed by atoms with Crippen molar-refractivity contribution in [3.8, 4) is 0 Å². The van der Waals surface area contributed by atoms with Crippen LogP contribution in [0.25, 0.3) is 0 Å². The number of nitrogens with one attached hydrogen (secondary N) is 3. The van der Waals surface area contributed by atoms with Gasteiger partial charge in [0.2, 0.25) is 0 Å². The summed E-state index contributed by atoms with van der Waals surface area (Å²) in [5.74, 6) is 0.364. The van der Waals surface area contributed by atoms with Gasteiger partial charge in [0.1, 0.15) is 12.2 Å². The average molecular weight is 349 g/mol. The van der Waals surface area contributed by atoms with Gasteiger partial charge < -0.3 is 19.1 Å². The van der Waals surface area contributed by atoms with Gasteiger partial charge in [0.15, 0.2) is 0 Å². The lowest BCUT2D eigenvalue weighted by Crippen LogP contribution is -2.28. The highest BCUT2D eigenvalue weighted by molar-refractivity contribution is 7.53. The number of anilines is 1. The van der Waals surface area contributed by atoms with Crippen LogP contribution in [0.4, 0.5) is 5.82 Å². The first-order valence-electron chi connectivity index (χ1n) is 7.51.